The fraction of sp³-hybridized carbons (Fsp3) is 0.536. The Hall–Kier alpha value is -2.15. The molecule has 1 aliphatic heterocycles. The first-order chi connectivity index (χ1) is 15.9. The predicted molar refractivity (Wildman–Crippen MR) is 141 cm³/mol. The number of carbonyl (C=O) groups excluding carboxylic acids is 1. The van der Waals surface area contributed by atoms with E-state index in [2.05, 4.69) is 85.2 Å². The lowest BCUT2D eigenvalue weighted by Crippen LogP contribution is -2.55. The summed E-state index contributed by atoms with van der Waals surface area (Å²) in [5, 5.41) is 0. The van der Waals surface area contributed by atoms with Crippen molar-refractivity contribution in [1.82, 2.24) is 9.80 Å². The van der Waals surface area contributed by atoms with Crippen molar-refractivity contribution in [2.24, 2.45) is 0 Å². The number of hydrogen-bond donors (Lipinski definition) is 0. The second-order valence-electron chi connectivity index (χ2n) is 11.6. The molecule has 0 saturated carbocycles. The fourth-order valence-corrected chi connectivity index (χ4v) is 6.17. The highest BCUT2D eigenvalue weighted by atomic mass is 28.3. The molecule has 0 aromatic heterocycles. The summed E-state index contributed by atoms with van der Waals surface area (Å²) in [6.07, 6.45) is 0.550. The van der Waals surface area contributed by atoms with E-state index in [-0.39, 0.29) is 11.8 Å². The smallest absolute Gasteiger partial charge is 0.412 e. The second kappa shape index (κ2) is 10.6. The van der Waals surface area contributed by atoms with Crippen LogP contribution in [0.25, 0.3) is 0 Å². The Morgan fingerprint density at radius 3 is 1.88 bits per heavy atom. The van der Waals surface area contributed by atoms with Gasteiger partial charge in [0.15, 0.2) is 0 Å². The topological polar surface area (TPSA) is 42.0 Å². The molecule has 0 aliphatic carbocycles. The van der Waals surface area contributed by atoms with Crippen LogP contribution in [0.3, 0.4) is 0 Å². The molecule has 0 N–H and O–H groups in total. The number of carbonyl (C=O) groups is 1. The van der Waals surface area contributed by atoms with Crippen molar-refractivity contribution < 1.29 is 14.3 Å². The highest BCUT2D eigenvalue weighted by Crippen LogP contribution is 2.35. The van der Waals surface area contributed by atoms with Gasteiger partial charge in [-0.2, -0.15) is 0 Å². The molecule has 2 aromatic rings. The monoisotopic (exact) mass is 482 g/mol. The van der Waals surface area contributed by atoms with Gasteiger partial charge in [0, 0.05) is 19.6 Å². The zero-order chi connectivity index (χ0) is 25.0. The highest BCUT2D eigenvalue weighted by molar-refractivity contribution is 6.77. The average molecular weight is 483 g/mol. The molecule has 0 bridgehead atoms. The normalized spacial score (nSPS) is 18.2. The van der Waals surface area contributed by atoms with E-state index < -0.39 is 19.3 Å². The van der Waals surface area contributed by atoms with Crippen molar-refractivity contribution in [2.45, 2.75) is 83.8 Å². The van der Waals surface area contributed by atoms with Gasteiger partial charge < -0.3 is 9.47 Å². The predicted octanol–water partition coefficient (Wildman–Crippen LogP) is 6.31. The van der Waals surface area contributed by atoms with Gasteiger partial charge in [0.05, 0.1) is 25.9 Å². The lowest BCUT2D eigenvalue weighted by atomic mass is 10.0. The summed E-state index contributed by atoms with van der Waals surface area (Å²) in [5.74, 6) is 0. The molecule has 186 valence electrons. The molecule has 2 aromatic carbocycles. The molecule has 34 heavy (non-hydrogen) atoms. The third kappa shape index (κ3) is 6.93. The minimum Gasteiger partial charge on any atom is -0.450 e. The Labute approximate surface area is 207 Å². The molecule has 3 rings (SSSR count). The molecule has 0 unspecified atom stereocenters. The van der Waals surface area contributed by atoms with Crippen molar-refractivity contribution in [3.05, 3.63) is 71.8 Å². The van der Waals surface area contributed by atoms with Crippen LogP contribution in [0.5, 0.6) is 0 Å². The Balaban J connectivity index is 1.73. The SMILES string of the molecule is CC1(C)COC(C)(C)N1C(=O)O[C@H](CCN(Cc1ccccc1)Cc1ccccc1)[Si](C)(C)C. The number of amides is 1. The molecule has 1 aliphatic rings. The second-order valence-corrected chi connectivity index (χ2v) is 17.0. The molecular formula is C28H42N2O3Si. The van der Waals surface area contributed by atoms with Gasteiger partial charge in [-0.25, -0.2) is 4.79 Å². The van der Waals surface area contributed by atoms with Crippen LogP contribution in [0.1, 0.15) is 45.2 Å². The van der Waals surface area contributed by atoms with Crippen molar-refractivity contribution in [3.63, 3.8) is 0 Å². The van der Waals surface area contributed by atoms with Crippen LogP contribution in [-0.4, -0.2) is 54.1 Å². The van der Waals surface area contributed by atoms with Crippen LogP contribution in [0, 0.1) is 0 Å². The van der Waals surface area contributed by atoms with E-state index in [9.17, 15) is 4.79 Å². The summed E-state index contributed by atoms with van der Waals surface area (Å²) in [5.41, 5.74) is 1.44. The van der Waals surface area contributed by atoms with E-state index in [1.807, 2.05) is 27.7 Å². The van der Waals surface area contributed by atoms with Gasteiger partial charge in [-0.15, -0.1) is 0 Å². The first-order valence-electron chi connectivity index (χ1n) is 12.3. The fourth-order valence-electron chi connectivity index (χ4n) is 4.72. The third-order valence-electron chi connectivity index (χ3n) is 6.52. The maximum atomic E-state index is 13.4. The number of ether oxygens (including phenoxy) is 2. The largest absolute Gasteiger partial charge is 0.450 e. The zero-order valence-corrected chi connectivity index (χ0v) is 23.0. The van der Waals surface area contributed by atoms with Crippen LogP contribution in [-0.2, 0) is 22.6 Å². The maximum Gasteiger partial charge on any atom is 0.412 e. The Bertz CT molecular complexity index is 868. The van der Waals surface area contributed by atoms with E-state index in [0.717, 1.165) is 26.1 Å². The van der Waals surface area contributed by atoms with Gasteiger partial charge in [0.25, 0.3) is 0 Å². The van der Waals surface area contributed by atoms with Gasteiger partial charge in [0.1, 0.15) is 5.72 Å². The van der Waals surface area contributed by atoms with Crippen LogP contribution in [0.2, 0.25) is 19.6 Å². The van der Waals surface area contributed by atoms with Crippen LogP contribution in [0.15, 0.2) is 60.7 Å². The van der Waals surface area contributed by atoms with Crippen molar-refractivity contribution in [1.29, 1.82) is 0 Å². The van der Waals surface area contributed by atoms with E-state index in [1.165, 1.54) is 11.1 Å². The van der Waals surface area contributed by atoms with E-state index in [4.69, 9.17) is 9.47 Å². The number of hydrogen-bond acceptors (Lipinski definition) is 4. The molecule has 0 spiro atoms. The number of benzene rings is 2. The molecule has 1 saturated heterocycles. The number of nitrogens with zero attached hydrogens (tertiary/aromatic N) is 2. The summed E-state index contributed by atoms with van der Waals surface area (Å²) in [4.78, 5) is 17.6. The van der Waals surface area contributed by atoms with Gasteiger partial charge in [-0.3, -0.25) is 9.80 Å². The first kappa shape index (κ1) is 26.5. The van der Waals surface area contributed by atoms with Gasteiger partial charge in [-0.05, 0) is 45.2 Å². The maximum absolute atomic E-state index is 13.4. The minimum absolute atomic E-state index is 0.0822. The zero-order valence-electron chi connectivity index (χ0n) is 22.0. The molecule has 1 fully saturated rings. The summed E-state index contributed by atoms with van der Waals surface area (Å²) in [7, 11) is -1.78. The molecular weight excluding hydrogens is 440 g/mol. The summed E-state index contributed by atoms with van der Waals surface area (Å²) < 4.78 is 12.2. The van der Waals surface area contributed by atoms with Crippen molar-refractivity contribution >= 4 is 14.2 Å². The summed E-state index contributed by atoms with van der Waals surface area (Å²) in [6, 6.07) is 21.1. The molecule has 5 nitrogen and oxygen atoms in total. The lowest BCUT2D eigenvalue weighted by molar-refractivity contribution is -0.0549. The Kier molecular flexibility index (Phi) is 8.27. The Morgan fingerprint density at radius 2 is 1.47 bits per heavy atom. The quantitative estimate of drug-likeness (QED) is 0.393. The van der Waals surface area contributed by atoms with E-state index in [1.54, 1.807) is 4.90 Å². The average Bonchev–Trinajstić information content (AvgIpc) is 2.98. The summed E-state index contributed by atoms with van der Waals surface area (Å²) in [6.45, 7) is 17.9. The third-order valence-corrected chi connectivity index (χ3v) is 8.86. The summed E-state index contributed by atoms with van der Waals surface area (Å²) >= 11 is 0. The van der Waals surface area contributed by atoms with Crippen LogP contribution < -0.4 is 0 Å². The van der Waals surface area contributed by atoms with Crippen LogP contribution >= 0.6 is 0 Å². The molecule has 6 heteroatoms. The van der Waals surface area contributed by atoms with E-state index >= 15 is 0 Å². The van der Waals surface area contributed by atoms with Crippen molar-refractivity contribution in [3.8, 4) is 0 Å². The lowest BCUT2D eigenvalue weighted by Gasteiger charge is -2.39. The van der Waals surface area contributed by atoms with Gasteiger partial charge >= 0.3 is 6.09 Å². The molecule has 1 atom stereocenters. The standard InChI is InChI=1S/C28H42N2O3Si/c1-27(2)22-32-28(3,4)30(27)26(31)33-25(34(5,6)7)18-19-29(20-23-14-10-8-11-15-23)21-24-16-12-9-13-17-24/h8-17,25H,18-22H2,1-7H3/t25-/m0/s1. The van der Waals surface area contributed by atoms with Gasteiger partial charge in [-0.1, -0.05) is 80.3 Å². The first-order valence-corrected chi connectivity index (χ1v) is 15.9. The minimum atomic E-state index is -1.78. The Morgan fingerprint density at radius 1 is 0.971 bits per heavy atom. The molecule has 1 heterocycles. The number of rotatable bonds is 9. The van der Waals surface area contributed by atoms with Crippen LogP contribution in [0.4, 0.5) is 4.79 Å². The highest BCUT2D eigenvalue weighted by Gasteiger charge is 2.50. The van der Waals surface area contributed by atoms with Gasteiger partial charge in [0.2, 0.25) is 0 Å². The van der Waals surface area contributed by atoms with E-state index in [0.29, 0.717) is 6.61 Å². The van der Waals surface area contributed by atoms with Crippen molar-refractivity contribution in [2.75, 3.05) is 13.2 Å². The molecule has 0 radical (unpaired) electrons. The molecule has 1 amide bonds.